The van der Waals surface area contributed by atoms with Crippen LogP contribution in [0.3, 0.4) is 0 Å². The van der Waals surface area contributed by atoms with Crippen LogP contribution in [0.15, 0.2) is 23.3 Å². The minimum Gasteiger partial charge on any atom is -0.462 e. The van der Waals surface area contributed by atoms with Gasteiger partial charge in [0.25, 0.3) is 0 Å². The van der Waals surface area contributed by atoms with Crippen LogP contribution in [0.2, 0.25) is 0 Å². The first-order valence-electron chi connectivity index (χ1n) is 7.35. The summed E-state index contributed by atoms with van der Waals surface area (Å²) in [7, 11) is 0. The van der Waals surface area contributed by atoms with Gasteiger partial charge in [-0.05, 0) is 36.7 Å². The molecule has 2 rings (SSSR count). The lowest BCUT2D eigenvalue weighted by Crippen LogP contribution is -2.22. The first-order chi connectivity index (χ1) is 9.36. The normalized spacial score (nSPS) is 37.5. The number of aldehydes is 1. The van der Waals surface area contributed by atoms with Gasteiger partial charge in [-0.15, -0.1) is 0 Å². The average Bonchev–Trinajstić information content (AvgIpc) is 2.88. The first kappa shape index (κ1) is 15.0. The molecule has 0 aromatic heterocycles. The predicted molar refractivity (Wildman–Crippen MR) is 78.1 cm³/mol. The van der Waals surface area contributed by atoms with Crippen LogP contribution in [0, 0.1) is 17.3 Å². The van der Waals surface area contributed by atoms with Crippen LogP contribution in [-0.2, 0) is 14.3 Å². The van der Waals surface area contributed by atoms with Crippen LogP contribution >= 0.6 is 0 Å². The molecule has 0 aromatic rings. The first-order valence-corrected chi connectivity index (χ1v) is 7.35. The average molecular weight is 276 g/mol. The number of carbonyl (C=O) groups is 2. The van der Waals surface area contributed by atoms with Gasteiger partial charge in [0.1, 0.15) is 12.4 Å². The highest BCUT2D eigenvalue weighted by molar-refractivity contribution is 5.73. The van der Waals surface area contributed by atoms with Gasteiger partial charge in [0.2, 0.25) is 0 Å². The molecule has 0 heterocycles. The van der Waals surface area contributed by atoms with E-state index in [9.17, 15) is 9.59 Å². The molecule has 0 aromatic carbocycles. The Morgan fingerprint density at radius 3 is 2.75 bits per heavy atom. The number of rotatable bonds is 2. The molecule has 110 valence electrons. The topological polar surface area (TPSA) is 43.4 Å². The Balaban J connectivity index is 2.30. The van der Waals surface area contributed by atoms with Gasteiger partial charge in [-0.2, -0.15) is 0 Å². The number of hydrogen-bond donors (Lipinski definition) is 0. The van der Waals surface area contributed by atoms with E-state index in [2.05, 4.69) is 32.9 Å². The molecule has 0 unspecified atom stereocenters. The van der Waals surface area contributed by atoms with Crippen molar-refractivity contribution >= 4 is 12.3 Å². The van der Waals surface area contributed by atoms with Crippen molar-refractivity contribution in [3.63, 3.8) is 0 Å². The second-order valence-corrected chi connectivity index (χ2v) is 6.67. The Bertz CT molecular complexity index is 471. The summed E-state index contributed by atoms with van der Waals surface area (Å²) in [5, 5.41) is 0. The molecule has 2 aliphatic carbocycles. The zero-order valence-electron chi connectivity index (χ0n) is 12.8. The Kier molecular flexibility index (Phi) is 4.17. The quantitative estimate of drug-likeness (QED) is 0.441. The fraction of sp³-hybridized carbons (Fsp3) is 0.647. The van der Waals surface area contributed by atoms with E-state index in [4.69, 9.17) is 4.74 Å². The van der Waals surface area contributed by atoms with Crippen molar-refractivity contribution in [3.05, 3.63) is 23.3 Å². The van der Waals surface area contributed by atoms with E-state index in [0.29, 0.717) is 11.8 Å². The third-order valence-electron chi connectivity index (χ3n) is 4.71. The Morgan fingerprint density at radius 1 is 1.45 bits per heavy atom. The van der Waals surface area contributed by atoms with E-state index in [-0.39, 0.29) is 17.5 Å². The molecule has 2 aliphatic rings. The summed E-state index contributed by atoms with van der Waals surface area (Å²) in [6.45, 7) is 7.92. The van der Waals surface area contributed by atoms with Crippen LogP contribution in [-0.4, -0.2) is 18.4 Å². The Morgan fingerprint density at radius 2 is 2.15 bits per heavy atom. The summed E-state index contributed by atoms with van der Waals surface area (Å²) in [5.41, 5.74) is 2.21. The van der Waals surface area contributed by atoms with E-state index < -0.39 is 0 Å². The lowest BCUT2D eigenvalue weighted by Gasteiger charge is -2.19. The second kappa shape index (κ2) is 5.55. The minimum atomic E-state index is -0.221. The van der Waals surface area contributed by atoms with Gasteiger partial charge < -0.3 is 4.74 Å². The standard InChI is InChI=1S/C17H24O3/c1-11-6-5-7-13(10-18)9-14-16(17(14,3)4)15(8-11)20-12(2)19/h6,9-10,14-16H,5,7-8H2,1-4H3/b11-6-,13-9-/t14-,15-,16-/m1/s1. The van der Waals surface area contributed by atoms with E-state index in [0.717, 1.165) is 31.1 Å². The maximum Gasteiger partial charge on any atom is 0.302 e. The largest absolute Gasteiger partial charge is 0.462 e. The smallest absolute Gasteiger partial charge is 0.302 e. The number of esters is 1. The number of ether oxygens (including phenoxy) is 1. The van der Waals surface area contributed by atoms with E-state index in [1.54, 1.807) is 0 Å². The molecule has 3 heteroatoms. The van der Waals surface area contributed by atoms with E-state index >= 15 is 0 Å². The maximum atomic E-state index is 11.4. The summed E-state index contributed by atoms with van der Waals surface area (Å²) in [6, 6.07) is 0. The summed E-state index contributed by atoms with van der Waals surface area (Å²) >= 11 is 0. The molecular weight excluding hydrogens is 252 g/mol. The number of carbonyl (C=O) groups excluding carboxylic acids is 2. The van der Waals surface area contributed by atoms with E-state index in [1.165, 1.54) is 12.5 Å². The lowest BCUT2D eigenvalue weighted by atomic mass is 9.98. The summed E-state index contributed by atoms with van der Waals surface area (Å²) in [4.78, 5) is 22.5. The van der Waals surface area contributed by atoms with Gasteiger partial charge in [0.15, 0.2) is 0 Å². The molecule has 0 N–H and O–H groups in total. The highest BCUT2D eigenvalue weighted by atomic mass is 16.5. The molecule has 0 bridgehead atoms. The molecule has 0 spiro atoms. The predicted octanol–water partition coefficient (Wildman–Crippen LogP) is 3.45. The minimum absolute atomic E-state index is 0.0778. The Hall–Kier alpha value is -1.38. The van der Waals surface area contributed by atoms with Crippen LogP contribution in [0.1, 0.15) is 47.0 Å². The van der Waals surface area contributed by atoms with Gasteiger partial charge in [0, 0.05) is 19.3 Å². The summed E-state index contributed by atoms with van der Waals surface area (Å²) in [5.74, 6) is 0.418. The van der Waals surface area contributed by atoms with Gasteiger partial charge in [-0.3, -0.25) is 9.59 Å². The van der Waals surface area contributed by atoms with Crippen molar-refractivity contribution in [2.24, 2.45) is 17.3 Å². The van der Waals surface area contributed by atoms with Gasteiger partial charge in [-0.1, -0.05) is 31.6 Å². The van der Waals surface area contributed by atoms with Gasteiger partial charge in [-0.25, -0.2) is 0 Å². The van der Waals surface area contributed by atoms with Gasteiger partial charge in [0.05, 0.1) is 0 Å². The lowest BCUT2D eigenvalue weighted by molar-refractivity contribution is -0.147. The summed E-state index contributed by atoms with van der Waals surface area (Å²) in [6.07, 6.45) is 7.63. The third-order valence-corrected chi connectivity index (χ3v) is 4.71. The highest BCUT2D eigenvalue weighted by Crippen LogP contribution is 2.62. The van der Waals surface area contributed by atoms with Crippen molar-refractivity contribution in [1.29, 1.82) is 0 Å². The highest BCUT2D eigenvalue weighted by Gasteiger charge is 2.60. The molecular formula is C17H24O3. The van der Waals surface area contributed by atoms with Gasteiger partial charge >= 0.3 is 5.97 Å². The van der Waals surface area contributed by atoms with Crippen LogP contribution < -0.4 is 0 Å². The molecule has 0 saturated heterocycles. The van der Waals surface area contributed by atoms with Crippen LogP contribution in [0.25, 0.3) is 0 Å². The van der Waals surface area contributed by atoms with Crippen molar-refractivity contribution in [1.82, 2.24) is 0 Å². The van der Waals surface area contributed by atoms with Crippen molar-refractivity contribution in [2.75, 3.05) is 0 Å². The molecule has 1 saturated carbocycles. The van der Waals surface area contributed by atoms with Crippen molar-refractivity contribution in [3.8, 4) is 0 Å². The van der Waals surface area contributed by atoms with Crippen LogP contribution in [0.4, 0.5) is 0 Å². The zero-order valence-corrected chi connectivity index (χ0v) is 12.8. The van der Waals surface area contributed by atoms with Crippen molar-refractivity contribution < 1.29 is 14.3 Å². The maximum absolute atomic E-state index is 11.4. The monoisotopic (exact) mass is 276 g/mol. The molecule has 3 atom stereocenters. The fourth-order valence-electron chi connectivity index (χ4n) is 3.50. The fourth-order valence-corrected chi connectivity index (χ4v) is 3.50. The molecule has 0 radical (unpaired) electrons. The Labute approximate surface area is 121 Å². The number of fused-ring (bicyclic) bond motifs is 1. The molecule has 1 fully saturated rings. The number of allylic oxidation sites excluding steroid dienone is 3. The van der Waals surface area contributed by atoms with Crippen LogP contribution in [0.5, 0.6) is 0 Å². The molecule has 3 nitrogen and oxygen atoms in total. The molecule has 0 amide bonds. The number of hydrogen-bond acceptors (Lipinski definition) is 3. The third kappa shape index (κ3) is 3.02. The SMILES string of the molecule is CC(=O)O[C@@H]1C/C(C)=C\CC/C(C=O)=C/[C@@H]2[C@H]1C2(C)C. The summed E-state index contributed by atoms with van der Waals surface area (Å²) < 4.78 is 5.55. The zero-order chi connectivity index (χ0) is 14.9. The van der Waals surface area contributed by atoms with E-state index in [1.807, 2.05) is 0 Å². The molecule has 20 heavy (non-hydrogen) atoms. The molecule has 0 aliphatic heterocycles. The van der Waals surface area contributed by atoms with Crippen molar-refractivity contribution in [2.45, 2.75) is 53.1 Å². The second-order valence-electron chi connectivity index (χ2n) is 6.67.